The minimum absolute atomic E-state index is 0.0450. The Kier molecular flexibility index (Phi) is 8.22. The first kappa shape index (κ1) is 29.5. The number of carbonyl (C=O) groups is 5. The molecular formula is C26H35N5O8S. The minimum Gasteiger partial charge on any atom is -0.465 e. The maximum atomic E-state index is 12.9. The third-order valence-corrected chi connectivity index (χ3v) is 9.33. The van der Waals surface area contributed by atoms with Crippen LogP contribution < -0.4 is 15.4 Å². The lowest BCUT2D eigenvalue weighted by Gasteiger charge is -2.51. The number of carbonyl (C=O) groups excluding carboxylic acids is 4. The van der Waals surface area contributed by atoms with Gasteiger partial charge in [-0.3, -0.25) is 29.4 Å². The van der Waals surface area contributed by atoms with E-state index < -0.39 is 62.5 Å². The SMILES string of the molecule is CC(C)(C)C1C(S(=O)(=O)NCCCCCNc2ccc3c(c2)C(=O)N(C2CCC(=O)NC2=O)C3=O)CN1C(=O)O. The monoisotopic (exact) mass is 577 g/mol. The number of imide groups is 2. The van der Waals surface area contributed by atoms with E-state index in [9.17, 15) is 37.5 Å². The number of rotatable bonds is 10. The number of hydrogen-bond acceptors (Lipinski definition) is 8. The molecule has 5 amide bonds. The Morgan fingerprint density at radius 1 is 1.05 bits per heavy atom. The lowest BCUT2D eigenvalue weighted by Crippen LogP contribution is -2.70. The van der Waals surface area contributed by atoms with Crippen LogP contribution in [0.15, 0.2) is 18.2 Å². The molecular weight excluding hydrogens is 542 g/mol. The molecule has 3 aliphatic rings. The minimum atomic E-state index is -3.67. The van der Waals surface area contributed by atoms with Gasteiger partial charge in [0.05, 0.1) is 17.2 Å². The van der Waals surface area contributed by atoms with Crippen LogP contribution >= 0.6 is 0 Å². The van der Waals surface area contributed by atoms with Crippen LogP contribution in [-0.2, 0) is 19.6 Å². The van der Waals surface area contributed by atoms with Gasteiger partial charge in [0.2, 0.25) is 21.8 Å². The number of likely N-dealkylation sites (tertiary alicyclic amines) is 1. The van der Waals surface area contributed by atoms with Crippen molar-refractivity contribution in [3.8, 4) is 0 Å². The van der Waals surface area contributed by atoms with Crippen LogP contribution in [0.4, 0.5) is 10.5 Å². The van der Waals surface area contributed by atoms with Gasteiger partial charge in [0.1, 0.15) is 11.3 Å². The van der Waals surface area contributed by atoms with E-state index in [2.05, 4.69) is 15.4 Å². The average Bonchev–Trinajstić information content (AvgIpc) is 3.06. The molecule has 13 nitrogen and oxygen atoms in total. The highest BCUT2D eigenvalue weighted by atomic mass is 32.2. The number of nitrogens with one attached hydrogen (secondary N) is 3. The molecule has 2 saturated heterocycles. The predicted molar refractivity (Wildman–Crippen MR) is 144 cm³/mol. The largest absolute Gasteiger partial charge is 0.465 e. The van der Waals surface area contributed by atoms with Crippen LogP contribution in [0.3, 0.4) is 0 Å². The normalized spacial score (nSPS) is 23.1. The summed E-state index contributed by atoms with van der Waals surface area (Å²) < 4.78 is 28.2. The van der Waals surface area contributed by atoms with Crippen molar-refractivity contribution in [3.63, 3.8) is 0 Å². The molecule has 0 aliphatic carbocycles. The lowest BCUT2D eigenvalue weighted by atomic mass is 9.79. The number of anilines is 1. The van der Waals surface area contributed by atoms with Crippen LogP contribution in [0.2, 0.25) is 0 Å². The van der Waals surface area contributed by atoms with Crippen LogP contribution in [-0.4, -0.2) is 90.0 Å². The van der Waals surface area contributed by atoms with Gasteiger partial charge in [-0.15, -0.1) is 0 Å². The summed E-state index contributed by atoms with van der Waals surface area (Å²) in [5, 5.41) is 13.9. The number of unbranched alkanes of at least 4 members (excludes halogenated alkanes) is 2. The van der Waals surface area contributed by atoms with Crippen LogP contribution in [0.1, 0.15) is 73.6 Å². The van der Waals surface area contributed by atoms with E-state index in [1.165, 1.54) is 11.0 Å². The Bertz CT molecular complexity index is 1340. The number of piperidine rings is 1. The standard InChI is InChI=1S/C26H35N5O8S/c1-26(2,3)21-19(14-30(21)25(36)37)40(38,39)28-12-6-4-5-11-27-15-7-8-16-17(13-15)24(35)31(23(16)34)18-9-10-20(32)29-22(18)33/h7-8,13,18-19,21,27-28H,4-6,9-12,14H2,1-3H3,(H,36,37)(H,29,32,33). The van der Waals surface area contributed by atoms with Crippen LogP contribution in [0.25, 0.3) is 0 Å². The first-order valence-corrected chi connectivity index (χ1v) is 14.8. The molecule has 4 rings (SSSR count). The van der Waals surface area contributed by atoms with Crippen molar-refractivity contribution in [1.29, 1.82) is 0 Å². The zero-order valence-corrected chi connectivity index (χ0v) is 23.5. The lowest BCUT2D eigenvalue weighted by molar-refractivity contribution is -0.136. The third kappa shape index (κ3) is 5.82. The fraction of sp³-hybridized carbons (Fsp3) is 0.577. The van der Waals surface area contributed by atoms with Crippen LogP contribution in [0.5, 0.6) is 0 Å². The van der Waals surface area contributed by atoms with Gasteiger partial charge in [0, 0.05) is 31.7 Å². The molecule has 0 saturated carbocycles. The van der Waals surface area contributed by atoms with Crippen molar-refractivity contribution < 1.29 is 37.5 Å². The number of amides is 5. The van der Waals surface area contributed by atoms with E-state index in [1.54, 1.807) is 12.1 Å². The molecule has 3 heterocycles. The zero-order chi connectivity index (χ0) is 29.4. The summed E-state index contributed by atoms with van der Waals surface area (Å²) in [4.78, 5) is 62.9. The number of hydrogen-bond donors (Lipinski definition) is 4. The Morgan fingerprint density at radius 2 is 1.73 bits per heavy atom. The molecule has 3 atom stereocenters. The highest BCUT2D eigenvalue weighted by molar-refractivity contribution is 7.90. The topological polar surface area (TPSA) is 182 Å². The Hall–Kier alpha value is -3.52. The maximum absolute atomic E-state index is 12.9. The molecule has 3 unspecified atom stereocenters. The van der Waals surface area contributed by atoms with Gasteiger partial charge in [0.25, 0.3) is 11.8 Å². The molecule has 0 bridgehead atoms. The van der Waals surface area contributed by atoms with E-state index in [0.717, 1.165) is 17.7 Å². The van der Waals surface area contributed by atoms with Gasteiger partial charge in [-0.1, -0.05) is 27.2 Å². The number of sulfonamides is 1. The van der Waals surface area contributed by atoms with Gasteiger partial charge >= 0.3 is 6.09 Å². The maximum Gasteiger partial charge on any atom is 0.407 e. The average molecular weight is 578 g/mol. The van der Waals surface area contributed by atoms with Crippen molar-refractivity contribution in [2.75, 3.05) is 25.0 Å². The fourth-order valence-electron chi connectivity index (χ4n) is 5.52. The molecule has 218 valence electrons. The van der Waals surface area contributed by atoms with Gasteiger partial charge in [-0.05, 0) is 42.9 Å². The van der Waals surface area contributed by atoms with Gasteiger partial charge in [-0.2, -0.15) is 0 Å². The zero-order valence-electron chi connectivity index (χ0n) is 22.7. The van der Waals surface area contributed by atoms with Crippen molar-refractivity contribution >= 4 is 45.4 Å². The molecule has 1 aromatic rings. The van der Waals surface area contributed by atoms with Gasteiger partial charge in [0.15, 0.2) is 0 Å². The van der Waals surface area contributed by atoms with Crippen molar-refractivity contribution in [3.05, 3.63) is 29.3 Å². The summed E-state index contributed by atoms with van der Waals surface area (Å²) in [6.07, 6.45) is 1.05. The molecule has 0 spiro atoms. The highest BCUT2D eigenvalue weighted by Gasteiger charge is 2.54. The number of benzene rings is 1. The van der Waals surface area contributed by atoms with E-state index in [1.807, 2.05) is 20.8 Å². The van der Waals surface area contributed by atoms with E-state index in [4.69, 9.17) is 0 Å². The second kappa shape index (κ2) is 11.2. The van der Waals surface area contributed by atoms with E-state index >= 15 is 0 Å². The number of fused-ring (bicyclic) bond motifs is 1. The molecule has 3 aliphatic heterocycles. The van der Waals surface area contributed by atoms with E-state index in [-0.39, 0.29) is 37.1 Å². The van der Waals surface area contributed by atoms with Gasteiger partial charge < -0.3 is 15.3 Å². The van der Waals surface area contributed by atoms with Crippen molar-refractivity contribution in [2.24, 2.45) is 5.41 Å². The number of carboxylic acid groups (broad SMARTS) is 1. The molecule has 4 N–H and O–H groups in total. The summed E-state index contributed by atoms with van der Waals surface area (Å²) in [6.45, 7) is 6.22. The Balaban J connectivity index is 1.22. The van der Waals surface area contributed by atoms with Gasteiger partial charge in [-0.25, -0.2) is 17.9 Å². The first-order valence-electron chi connectivity index (χ1n) is 13.3. The molecule has 1 aromatic carbocycles. The van der Waals surface area contributed by atoms with Crippen LogP contribution in [0, 0.1) is 5.41 Å². The predicted octanol–water partition coefficient (Wildman–Crippen LogP) is 1.37. The van der Waals surface area contributed by atoms with Crippen molar-refractivity contribution in [1.82, 2.24) is 19.8 Å². The quantitative estimate of drug-likeness (QED) is 0.236. The second-order valence-electron chi connectivity index (χ2n) is 11.4. The first-order chi connectivity index (χ1) is 18.7. The Labute approximate surface area is 232 Å². The highest BCUT2D eigenvalue weighted by Crippen LogP contribution is 2.37. The fourth-order valence-corrected chi connectivity index (χ4v) is 7.42. The van der Waals surface area contributed by atoms with E-state index in [0.29, 0.717) is 18.7 Å². The second-order valence-corrected chi connectivity index (χ2v) is 13.4. The smallest absolute Gasteiger partial charge is 0.407 e. The Morgan fingerprint density at radius 3 is 2.38 bits per heavy atom. The molecule has 2 fully saturated rings. The summed E-state index contributed by atoms with van der Waals surface area (Å²) in [5.41, 5.74) is 0.520. The molecule has 0 aromatic heterocycles. The molecule has 0 radical (unpaired) electrons. The van der Waals surface area contributed by atoms with Crippen molar-refractivity contribution in [2.45, 2.75) is 70.2 Å². The molecule has 40 heavy (non-hydrogen) atoms. The molecule has 14 heteroatoms. The summed E-state index contributed by atoms with van der Waals surface area (Å²) in [6, 6.07) is 3.16. The summed E-state index contributed by atoms with van der Waals surface area (Å²) in [5.74, 6) is -2.22. The number of nitrogens with zero attached hydrogens (tertiary/aromatic N) is 2. The third-order valence-electron chi connectivity index (χ3n) is 7.52. The summed E-state index contributed by atoms with van der Waals surface area (Å²) in [7, 11) is -3.67. The summed E-state index contributed by atoms with van der Waals surface area (Å²) >= 11 is 0.